The van der Waals surface area contributed by atoms with E-state index in [9.17, 15) is 0 Å². The number of allylic oxidation sites excluding steroid dienone is 4. The van der Waals surface area contributed by atoms with Crippen molar-refractivity contribution < 1.29 is 18.6 Å². The van der Waals surface area contributed by atoms with Crippen molar-refractivity contribution in [3.05, 3.63) is 22.8 Å². The molecule has 0 aliphatic heterocycles. The van der Waals surface area contributed by atoms with Gasteiger partial charge in [-0.3, -0.25) is 6.08 Å². The molecular formula is C10H15V-. The number of hydrogen-bond acceptors (Lipinski definition) is 0. The van der Waals surface area contributed by atoms with Crippen LogP contribution < -0.4 is 0 Å². The van der Waals surface area contributed by atoms with E-state index in [1.54, 1.807) is 0 Å². The molecule has 11 heavy (non-hydrogen) atoms. The summed E-state index contributed by atoms with van der Waals surface area (Å²) in [6.45, 7) is 10.9. The van der Waals surface area contributed by atoms with Gasteiger partial charge in [0.2, 0.25) is 0 Å². The van der Waals surface area contributed by atoms with Gasteiger partial charge in [-0.2, -0.15) is 11.1 Å². The molecule has 1 radical (unpaired) electrons. The molecule has 0 aromatic heterocycles. The van der Waals surface area contributed by atoms with Crippen LogP contribution in [-0.4, -0.2) is 0 Å². The van der Waals surface area contributed by atoms with Crippen LogP contribution in [0.1, 0.15) is 34.6 Å². The van der Waals surface area contributed by atoms with Gasteiger partial charge >= 0.3 is 0 Å². The Morgan fingerprint density at radius 2 is 1.55 bits per heavy atom. The van der Waals surface area contributed by atoms with Gasteiger partial charge in [0.05, 0.1) is 0 Å². The molecule has 61 valence electrons. The van der Waals surface area contributed by atoms with Crippen LogP contribution in [0.3, 0.4) is 0 Å². The van der Waals surface area contributed by atoms with Gasteiger partial charge in [0.25, 0.3) is 0 Å². The first-order valence-corrected chi connectivity index (χ1v) is 3.75. The van der Waals surface area contributed by atoms with Gasteiger partial charge in [-0.25, -0.2) is 5.57 Å². The molecule has 1 rings (SSSR count). The third kappa shape index (κ3) is 1.80. The molecule has 1 heteroatoms. The van der Waals surface area contributed by atoms with Crippen LogP contribution in [0.5, 0.6) is 0 Å². The Bertz CT molecular complexity index is 219. The largest absolute Gasteiger partial charge is 0.263 e. The smallest absolute Gasteiger partial charge is 0 e. The average Bonchev–Trinajstić information content (AvgIpc) is 1.95. The van der Waals surface area contributed by atoms with Crippen molar-refractivity contribution in [1.82, 2.24) is 0 Å². The van der Waals surface area contributed by atoms with Crippen LogP contribution in [0.2, 0.25) is 0 Å². The summed E-state index contributed by atoms with van der Waals surface area (Å²) in [5, 5.41) is 0. The summed E-state index contributed by atoms with van der Waals surface area (Å²) in [5.41, 5.74) is 4.39. The molecule has 0 bridgehead atoms. The summed E-state index contributed by atoms with van der Waals surface area (Å²) >= 11 is 0. The third-order valence-corrected chi connectivity index (χ3v) is 2.56. The Kier molecular flexibility index (Phi) is 3.22. The first-order valence-electron chi connectivity index (χ1n) is 3.75. The Hall–Kier alpha value is 0.0644. The minimum absolute atomic E-state index is 0. The van der Waals surface area contributed by atoms with Gasteiger partial charge in [0.15, 0.2) is 0 Å². The van der Waals surface area contributed by atoms with Gasteiger partial charge in [0, 0.05) is 18.6 Å². The van der Waals surface area contributed by atoms with E-state index in [4.69, 9.17) is 0 Å². The predicted molar refractivity (Wildman–Crippen MR) is 44.6 cm³/mol. The van der Waals surface area contributed by atoms with Gasteiger partial charge in [-0.1, -0.05) is 33.1 Å². The molecule has 0 aromatic carbocycles. The SMILES string of the molecule is CC1=[C-]C(C)(C)C(C)=C1C.[V]. The summed E-state index contributed by atoms with van der Waals surface area (Å²) in [7, 11) is 0. The molecule has 1 aliphatic carbocycles. The second-order valence-electron chi connectivity index (χ2n) is 3.62. The maximum absolute atomic E-state index is 3.44. The number of rotatable bonds is 0. The fourth-order valence-electron chi connectivity index (χ4n) is 1.41. The van der Waals surface area contributed by atoms with Crippen LogP contribution in [0, 0.1) is 11.5 Å². The molecule has 0 saturated carbocycles. The fourth-order valence-corrected chi connectivity index (χ4v) is 1.41. The monoisotopic (exact) mass is 186 g/mol. The van der Waals surface area contributed by atoms with Gasteiger partial charge in [-0.15, -0.1) is 6.92 Å². The van der Waals surface area contributed by atoms with Crippen LogP contribution >= 0.6 is 0 Å². The molecule has 0 fully saturated rings. The maximum Gasteiger partial charge on any atom is 0 e. The molecule has 1 aliphatic rings. The topological polar surface area (TPSA) is 0 Å². The first kappa shape index (κ1) is 11.1. The van der Waals surface area contributed by atoms with Crippen molar-refractivity contribution in [3.63, 3.8) is 0 Å². The van der Waals surface area contributed by atoms with Crippen molar-refractivity contribution in [2.24, 2.45) is 5.41 Å². The third-order valence-electron chi connectivity index (χ3n) is 2.56. The van der Waals surface area contributed by atoms with Crippen molar-refractivity contribution in [1.29, 1.82) is 0 Å². The van der Waals surface area contributed by atoms with E-state index in [1.165, 1.54) is 16.7 Å². The van der Waals surface area contributed by atoms with Crippen LogP contribution in [-0.2, 0) is 18.6 Å². The first-order chi connectivity index (χ1) is 4.45. The molecule has 0 spiro atoms. The van der Waals surface area contributed by atoms with E-state index in [0.29, 0.717) is 0 Å². The van der Waals surface area contributed by atoms with E-state index >= 15 is 0 Å². The zero-order valence-electron chi connectivity index (χ0n) is 7.95. The van der Waals surface area contributed by atoms with E-state index in [2.05, 4.69) is 40.7 Å². The molecular weight excluding hydrogens is 171 g/mol. The summed E-state index contributed by atoms with van der Waals surface area (Å²) in [6.07, 6.45) is 3.44. The minimum atomic E-state index is 0. The predicted octanol–water partition coefficient (Wildman–Crippen LogP) is 3.11. The van der Waals surface area contributed by atoms with Crippen LogP contribution in [0.25, 0.3) is 0 Å². The second-order valence-corrected chi connectivity index (χ2v) is 3.62. The number of hydrogen-bond donors (Lipinski definition) is 0. The Morgan fingerprint density at radius 3 is 1.64 bits per heavy atom. The van der Waals surface area contributed by atoms with E-state index in [1.807, 2.05) is 0 Å². The van der Waals surface area contributed by atoms with Gasteiger partial charge in [-0.05, 0) is 0 Å². The summed E-state index contributed by atoms with van der Waals surface area (Å²) in [6, 6.07) is 0. The van der Waals surface area contributed by atoms with Crippen molar-refractivity contribution in [3.8, 4) is 0 Å². The molecule has 0 N–H and O–H groups in total. The zero-order chi connectivity index (χ0) is 7.94. The average molecular weight is 186 g/mol. The molecule has 0 nitrogen and oxygen atoms in total. The van der Waals surface area contributed by atoms with E-state index < -0.39 is 0 Å². The van der Waals surface area contributed by atoms with Crippen LogP contribution in [0.4, 0.5) is 0 Å². The fraction of sp³-hybridized carbons (Fsp3) is 0.600. The maximum atomic E-state index is 3.44. The molecule has 0 heterocycles. The molecule has 0 aromatic rings. The van der Waals surface area contributed by atoms with Crippen molar-refractivity contribution >= 4 is 0 Å². The Balaban J connectivity index is 0.000001000. The van der Waals surface area contributed by atoms with Crippen LogP contribution in [0.15, 0.2) is 16.7 Å². The standard InChI is InChI=1S/C10H15.V/c1-7-6-10(4,5)9(3)8(7)2;/h1-5H3;/q-1;. The van der Waals surface area contributed by atoms with Crippen molar-refractivity contribution in [2.45, 2.75) is 34.6 Å². The minimum Gasteiger partial charge on any atom is -0.263 e. The summed E-state index contributed by atoms with van der Waals surface area (Å²) in [4.78, 5) is 0. The quantitative estimate of drug-likeness (QED) is 0.510. The van der Waals surface area contributed by atoms with Gasteiger partial charge < -0.3 is 0 Å². The molecule has 0 unspecified atom stereocenters. The zero-order valence-corrected chi connectivity index (χ0v) is 9.34. The van der Waals surface area contributed by atoms with E-state index in [0.717, 1.165) is 0 Å². The van der Waals surface area contributed by atoms with Gasteiger partial charge in [0.1, 0.15) is 0 Å². The second kappa shape index (κ2) is 3.20. The Labute approximate surface area is 81.6 Å². The van der Waals surface area contributed by atoms with Crippen molar-refractivity contribution in [2.75, 3.05) is 0 Å². The molecule has 0 amide bonds. The summed E-state index contributed by atoms with van der Waals surface area (Å²) in [5.74, 6) is 0. The molecule has 0 atom stereocenters. The summed E-state index contributed by atoms with van der Waals surface area (Å²) < 4.78 is 0. The van der Waals surface area contributed by atoms with E-state index in [-0.39, 0.29) is 24.0 Å². The Morgan fingerprint density at radius 1 is 1.09 bits per heavy atom. The normalized spacial score (nSPS) is 21.4. The molecule has 0 saturated heterocycles.